The Balaban J connectivity index is 1.88. The molecule has 0 radical (unpaired) electrons. The molecular formula is C13H12BrFN2. The van der Waals surface area contributed by atoms with Gasteiger partial charge in [-0.05, 0) is 51.3 Å². The number of rotatable bonds is 4. The number of benzene rings is 1. The Morgan fingerprint density at radius 1 is 1.06 bits per heavy atom. The number of nitrogens with one attached hydrogen (secondary N) is 1. The zero-order chi connectivity index (χ0) is 12.1. The molecular weight excluding hydrogens is 283 g/mol. The summed E-state index contributed by atoms with van der Waals surface area (Å²) in [7, 11) is 0. The zero-order valence-corrected chi connectivity index (χ0v) is 10.7. The van der Waals surface area contributed by atoms with Gasteiger partial charge in [0, 0.05) is 25.5 Å². The van der Waals surface area contributed by atoms with Gasteiger partial charge in [-0.15, -0.1) is 0 Å². The van der Waals surface area contributed by atoms with Gasteiger partial charge in [0.25, 0.3) is 0 Å². The zero-order valence-electron chi connectivity index (χ0n) is 9.16. The fraction of sp³-hybridized carbons (Fsp3) is 0.154. The Morgan fingerprint density at radius 3 is 2.47 bits per heavy atom. The Labute approximate surface area is 108 Å². The lowest BCUT2D eigenvalue weighted by Crippen LogP contribution is -2.12. The topological polar surface area (TPSA) is 24.9 Å². The Kier molecular flexibility index (Phi) is 4.23. The smallest absolute Gasteiger partial charge is 0.137 e. The van der Waals surface area contributed by atoms with Gasteiger partial charge in [0.2, 0.25) is 0 Å². The van der Waals surface area contributed by atoms with E-state index in [0.29, 0.717) is 11.0 Å². The Bertz CT molecular complexity index is 488. The van der Waals surface area contributed by atoms with E-state index in [4.69, 9.17) is 0 Å². The van der Waals surface area contributed by atoms with Gasteiger partial charge in [0.05, 0.1) is 4.47 Å². The molecule has 0 bridgehead atoms. The highest BCUT2D eigenvalue weighted by Gasteiger charge is 2.00. The lowest BCUT2D eigenvalue weighted by Gasteiger charge is -2.05. The molecule has 0 unspecified atom stereocenters. The number of aromatic nitrogens is 1. The highest BCUT2D eigenvalue weighted by atomic mass is 79.9. The van der Waals surface area contributed by atoms with Crippen LogP contribution in [0.5, 0.6) is 0 Å². The van der Waals surface area contributed by atoms with E-state index in [1.807, 2.05) is 12.1 Å². The fourth-order valence-electron chi connectivity index (χ4n) is 1.50. The van der Waals surface area contributed by atoms with Gasteiger partial charge in [0.1, 0.15) is 5.82 Å². The average Bonchev–Trinajstić information content (AvgIpc) is 2.35. The minimum atomic E-state index is -0.233. The molecule has 1 aromatic carbocycles. The van der Waals surface area contributed by atoms with Crippen molar-refractivity contribution in [2.24, 2.45) is 0 Å². The first-order chi connectivity index (χ1) is 8.25. The molecule has 2 nitrogen and oxygen atoms in total. The molecule has 0 atom stereocenters. The highest BCUT2D eigenvalue weighted by Crippen LogP contribution is 2.16. The average molecular weight is 295 g/mol. The van der Waals surface area contributed by atoms with Crippen LogP contribution in [0.2, 0.25) is 0 Å². The van der Waals surface area contributed by atoms with Crippen molar-refractivity contribution in [2.75, 3.05) is 0 Å². The second-order valence-electron chi connectivity index (χ2n) is 3.71. The molecule has 0 aliphatic rings. The van der Waals surface area contributed by atoms with Crippen molar-refractivity contribution < 1.29 is 4.39 Å². The van der Waals surface area contributed by atoms with Crippen molar-refractivity contribution in [3.8, 4) is 0 Å². The summed E-state index contributed by atoms with van der Waals surface area (Å²) in [5.74, 6) is -0.233. The first-order valence-electron chi connectivity index (χ1n) is 5.29. The van der Waals surface area contributed by atoms with Crippen LogP contribution < -0.4 is 5.32 Å². The van der Waals surface area contributed by atoms with Crippen molar-refractivity contribution in [2.45, 2.75) is 13.1 Å². The highest BCUT2D eigenvalue weighted by molar-refractivity contribution is 9.10. The van der Waals surface area contributed by atoms with E-state index in [0.717, 1.165) is 12.1 Å². The van der Waals surface area contributed by atoms with Crippen LogP contribution in [-0.4, -0.2) is 4.98 Å². The van der Waals surface area contributed by atoms with Gasteiger partial charge < -0.3 is 5.32 Å². The van der Waals surface area contributed by atoms with E-state index in [-0.39, 0.29) is 5.82 Å². The van der Waals surface area contributed by atoms with Crippen molar-refractivity contribution >= 4 is 15.9 Å². The van der Waals surface area contributed by atoms with Crippen LogP contribution in [0, 0.1) is 5.82 Å². The number of hydrogen-bond acceptors (Lipinski definition) is 2. The lowest BCUT2D eigenvalue weighted by molar-refractivity contribution is 0.618. The molecule has 0 amide bonds. The van der Waals surface area contributed by atoms with E-state index in [1.54, 1.807) is 24.5 Å². The lowest BCUT2D eigenvalue weighted by atomic mass is 10.2. The molecule has 0 aliphatic heterocycles. The number of pyridine rings is 1. The van der Waals surface area contributed by atoms with Crippen LogP contribution in [0.4, 0.5) is 4.39 Å². The first kappa shape index (κ1) is 12.2. The van der Waals surface area contributed by atoms with Crippen LogP contribution in [0.1, 0.15) is 11.1 Å². The van der Waals surface area contributed by atoms with Crippen LogP contribution in [0.25, 0.3) is 0 Å². The monoisotopic (exact) mass is 294 g/mol. The van der Waals surface area contributed by atoms with Crippen molar-refractivity contribution in [3.05, 3.63) is 64.1 Å². The summed E-state index contributed by atoms with van der Waals surface area (Å²) in [6.07, 6.45) is 3.54. The number of hydrogen-bond donors (Lipinski definition) is 1. The molecule has 0 saturated carbocycles. The summed E-state index contributed by atoms with van der Waals surface area (Å²) >= 11 is 3.17. The maximum absolute atomic E-state index is 13.0. The summed E-state index contributed by atoms with van der Waals surface area (Å²) in [4.78, 5) is 3.96. The number of halogens is 2. The molecule has 88 valence electrons. The minimum Gasteiger partial charge on any atom is -0.309 e. The minimum absolute atomic E-state index is 0.233. The molecule has 4 heteroatoms. The molecule has 1 heterocycles. The molecule has 0 spiro atoms. The SMILES string of the molecule is Fc1ccc(CNCc2ccncc2)cc1Br. The predicted molar refractivity (Wildman–Crippen MR) is 68.9 cm³/mol. The van der Waals surface area contributed by atoms with Crippen LogP contribution >= 0.6 is 15.9 Å². The molecule has 0 saturated heterocycles. The summed E-state index contributed by atoms with van der Waals surface area (Å²) < 4.78 is 13.5. The quantitative estimate of drug-likeness (QED) is 0.936. The Hall–Kier alpha value is -1.26. The largest absolute Gasteiger partial charge is 0.309 e. The summed E-state index contributed by atoms with van der Waals surface area (Å²) in [6, 6.07) is 8.96. The van der Waals surface area contributed by atoms with Crippen LogP contribution in [0.15, 0.2) is 47.2 Å². The van der Waals surface area contributed by atoms with Crippen molar-refractivity contribution in [1.29, 1.82) is 0 Å². The molecule has 2 rings (SSSR count). The maximum Gasteiger partial charge on any atom is 0.137 e. The van der Waals surface area contributed by atoms with Gasteiger partial charge in [-0.25, -0.2) is 4.39 Å². The summed E-state index contributed by atoms with van der Waals surface area (Å²) in [6.45, 7) is 1.48. The molecule has 1 N–H and O–H groups in total. The first-order valence-corrected chi connectivity index (χ1v) is 6.08. The van der Waals surface area contributed by atoms with Crippen LogP contribution in [-0.2, 0) is 13.1 Å². The molecule has 1 aromatic heterocycles. The van der Waals surface area contributed by atoms with E-state index in [2.05, 4.69) is 26.2 Å². The maximum atomic E-state index is 13.0. The Morgan fingerprint density at radius 2 is 1.76 bits per heavy atom. The third-order valence-corrected chi connectivity index (χ3v) is 3.00. The van der Waals surface area contributed by atoms with Gasteiger partial charge >= 0.3 is 0 Å². The third-order valence-electron chi connectivity index (χ3n) is 2.39. The molecule has 17 heavy (non-hydrogen) atoms. The fourth-order valence-corrected chi connectivity index (χ4v) is 1.93. The van der Waals surface area contributed by atoms with E-state index < -0.39 is 0 Å². The van der Waals surface area contributed by atoms with Crippen molar-refractivity contribution in [1.82, 2.24) is 10.3 Å². The molecule has 0 fully saturated rings. The molecule has 0 aliphatic carbocycles. The third kappa shape index (κ3) is 3.61. The van der Waals surface area contributed by atoms with Crippen LogP contribution in [0.3, 0.4) is 0 Å². The molecule has 2 aromatic rings. The summed E-state index contributed by atoms with van der Waals surface area (Å²) in [5.41, 5.74) is 2.23. The second kappa shape index (κ2) is 5.89. The number of nitrogens with zero attached hydrogens (tertiary/aromatic N) is 1. The van der Waals surface area contributed by atoms with E-state index >= 15 is 0 Å². The van der Waals surface area contributed by atoms with Crippen molar-refractivity contribution in [3.63, 3.8) is 0 Å². The van der Waals surface area contributed by atoms with Gasteiger partial charge in [0.15, 0.2) is 0 Å². The van der Waals surface area contributed by atoms with Gasteiger partial charge in [-0.3, -0.25) is 4.98 Å². The van der Waals surface area contributed by atoms with Gasteiger partial charge in [-0.2, -0.15) is 0 Å². The predicted octanol–water partition coefficient (Wildman–Crippen LogP) is 3.27. The standard InChI is InChI=1S/C13H12BrFN2/c14-12-7-11(1-2-13(12)15)9-17-8-10-3-5-16-6-4-10/h1-7,17H,8-9H2. The van der Waals surface area contributed by atoms with Gasteiger partial charge in [-0.1, -0.05) is 6.07 Å². The summed E-state index contributed by atoms with van der Waals surface area (Å²) in [5, 5.41) is 3.29. The van der Waals surface area contributed by atoms with E-state index in [9.17, 15) is 4.39 Å². The van der Waals surface area contributed by atoms with E-state index in [1.165, 1.54) is 11.6 Å². The normalized spacial score (nSPS) is 10.5. The second-order valence-corrected chi connectivity index (χ2v) is 4.56.